The molecule has 0 radical (unpaired) electrons. The van der Waals surface area contributed by atoms with Crippen LogP contribution in [0.25, 0.3) is 0 Å². The fourth-order valence-electron chi connectivity index (χ4n) is 3.18. The van der Waals surface area contributed by atoms with Gasteiger partial charge in [0.1, 0.15) is 0 Å². The molecule has 0 aliphatic heterocycles. The van der Waals surface area contributed by atoms with Crippen molar-refractivity contribution < 1.29 is 0 Å². The fourth-order valence-corrected chi connectivity index (χ4v) is 3.18. The third kappa shape index (κ3) is 8.61. The molecule has 116 valence electrons. The van der Waals surface area contributed by atoms with Crippen LogP contribution in [-0.4, -0.2) is 0 Å². The lowest BCUT2D eigenvalue weighted by Gasteiger charge is -2.13. The molecule has 0 aromatic rings. The molecule has 20 heavy (non-hydrogen) atoms. The second-order valence-corrected chi connectivity index (χ2v) is 7.25. The van der Waals surface area contributed by atoms with Crippen LogP contribution in [0.1, 0.15) is 91.9 Å². The topological polar surface area (TPSA) is 0 Å². The van der Waals surface area contributed by atoms with Crippen molar-refractivity contribution in [3.8, 4) is 0 Å². The molecule has 0 heteroatoms. The maximum atomic E-state index is 2.50. The standard InChI is InChI=1S/C20H36/c1-17-9-5-11-18(2)13-7-15-20(4)16-8-14-19(3)12-6-10-17/h9,16,18-19H,5-8,10-15H2,1-4H3. The highest BCUT2D eigenvalue weighted by Gasteiger charge is 2.04. The Morgan fingerprint density at radius 2 is 1.10 bits per heavy atom. The second-order valence-electron chi connectivity index (χ2n) is 7.25. The van der Waals surface area contributed by atoms with E-state index in [-0.39, 0.29) is 0 Å². The average Bonchev–Trinajstić information content (AvgIpc) is 2.37. The van der Waals surface area contributed by atoms with Gasteiger partial charge in [-0.1, -0.05) is 50.0 Å². The van der Waals surface area contributed by atoms with Gasteiger partial charge < -0.3 is 0 Å². The molecule has 0 amide bonds. The largest absolute Gasteiger partial charge is 0.0856 e. The smallest absolute Gasteiger partial charge is 0.0323 e. The van der Waals surface area contributed by atoms with Gasteiger partial charge in [-0.3, -0.25) is 0 Å². The van der Waals surface area contributed by atoms with E-state index in [9.17, 15) is 0 Å². The van der Waals surface area contributed by atoms with E-state index in [1.165, 1.54) is 64.2 Å². The van der Waals surface area contributed by atoms with Gasteiger partial charge >= 0.3 is 0 Å². The Morgan fingerprint density at radius 3 is 1.50 bits per heavy atom. The van der Waals surface area contributed by atoms with Crippen LogP contribution in [0.15, 0.2) is 23.3 Å². The highest BCUT2D eigenvalue weighted by molar-refractivity contribution is 4.99. The summed E-state index contributed by atoms with van der Waals surface area (Å²) >= 11 is 0. The lowest BCUT2D eigenvalue weighted by molar-refractivity contribution is 0.469. The zero-order chi connectivity index (χ0) is 14.8. The van der Waals surface area contributed by atoms with Crippen molar-refractivity contribution in [2.24, 2.45) is 11.8 Å². The van der Waals surface area contributed by atoms with Gasteiger partial charge in [-0.2, -0.15) is 0 Å². The first-order valence-corrected chi connectivity index (χ1v) is 8.89. The average molecular weight is 277 g/mol. The summed E-state index contributed by atoms with van der Waals surface area (Å²) in [6.45, 7) is 9.50. The molecule has 0 saturated heterocycles. The molecule has 1 aliphatic rings. The van der Waals surface area contributed by atoms with Crippen molar-refractivity contribution in [2.45, 2.75) is 91.9 Å². The van der Waals surface area contributed by atoms with Gasteiger partial charge in [0.25, 0.3) is 0 Å². The van der Waals surface area contributed by atoms with E-state index in [0.717, 1.165) is 11.8 Å². The summed E-state index contributed by atoms with van der Waals surface area (Å²) in [5.74, 6) is 1.78. The Morgan fingerprint density at radius 1 is 0.700 bits per heavy atom. The van der Waals surface area contributed by atoms with Crippen LogP contribution < -0.4 is 0 Å². The molecular weight excluding hydrogens is 240 g/mol. The second kappa shape index (κ2) is 10.2. The van der Waals surface area contributed by atoms with E-state index < -0.39 is 0 Å². The summed E-state index contributed by atoms with van der Waals surface area (Å²) < 4.78 is 0. The lowest BCUT2D eigenvalue weighted by atomic mass is 9.93. The van der Waals surface area contributed by atoms with E-state index in [2.05, 4.69) is 39.8 Å². The maximum Gasteiger partial charge on any atom is -0.0323 e. The third-order valence-corrected chi connectivity index (χ3v) is 4.84. The van der Waals surface area contributed by atoms with Crippen LogP contribution in [0.2, 0.25) is 0 Å². The number of hydrogen-bond acceptors (Lipinski definition) is 0. The molecule has 0 spiro atoms. The number of hydrogen-bond donors (Lipinski definition) is 0. The molecule has 0 N–H and O–H groups in total. The van der Waals surface area contributed by atoms with Gasteiger partial charge in [0, 0.05) is 0 Å². The van der Waals surface area contributed by atoms with E-state index in [1.807, 2.05) is 0 Å². The molecular formula is C20H36. The van der Waals surface area contributed by atoms with Crippen LogP contribution in [0.5, 0.6) is 0 Å². The van der Waals surface area contributed by atoms with E-state index in [4.69, 9.17) is 0 Å². The summed E-state index contributed by atoms with van der Waals surface area (Å²) in [6.07, 6.45) is 18.5. The fraction of sp³-hybridized carbons (Fsp3) is 0.800. The Bertz CT molecular complexity index is 276. The first-order chi connectivity index (χ1) is 9.58. The third-order valence-electron chi connectivity index (χ3n) is 4.84. The van der Waals surface area contributed by atoms with Crippen molar-refractivity contribution in [3.05, 3.63) is 23.3 Å². The van der Waals surface area contributed by atoms with Crippen LogP contribution in [0.3, 0.4) is 0 Å². The minimum atomic E-state index is 0.889. The van der Waals surface area contributed by atoms with Crippen molar-refractivity contribution in [1.29, 1.82) is 0 Å². The molecule has 0 heterocycles. The van der Waals surface area contributed by atoms with Gasteiger partial charge in [0.2, 0.25) is 0 Å². The zero-order valence-corrected chi connectivity index (χ0v) is 14.4. The Balaban J connectivity index is 2.48. The molecule has 0 bridgehead atoms. The zero-order valence-electron chi connectivity index (χ0n) is 14.4. The van der Waals surface area contributed by atoms with Gasteiger partial charge in [0.05, 0.1) is 0 Å². The monoisotopic (exact) mass is 276 g/mol. The Hall–Kier alpha value is -0.520. The van der Waals surface area contributed by atoms with Gasteiger partial charge in [-0.15, -0.1) is 0 Å². The van der Waals surface area contributed by atoms with Crippen LogP contribution in [0.4, 0.5) is 0 Å². The molecule has 0 fully saturated rings. The Labute approximate surface area is 127 Å². The maximum absolute atomic E-state index is 2.50. The van der Waals surface area contributed by atoms with Crippen molar-refractivity contribution >= 4 is 0 Å². The van der Waals surface area contributed by atoms with Gasteiger partial charge in [-0.25, -0.2) is 0 Å². The normalized spacial score (nSPS) is 28.6. The predicted molar refractivity (Wildman–Crippen MR) is 92.0 cm³/mol. The van der Waals surface area contributed by atoms with Crippen LogP contribution >= 0.6 is 0 Å². The summed E-state index contributed by atoms with van der Waals surface area (Å²) in [5, 5.41) is 0. The summed E-state index contributed by atoms with van der Waals surface area (Å²) in [7, 11) is 0. The van der Waals surface area contributed by atoms with E-state index in [1.54, 1.807) is 11.1 Å². The first kappa shape index (κ1) is 17.5. The van der Waals surface area contributed by atoms with Gasteiger partial charge in [0.15, 0.2) is 0 Å². The minimum Gasteiger partial charge on any atom is -0.0856 e. The molecule has 2 unspecified atom stereocenters. The molecule has 0 aromatic carbocycles. The van der Waals surface area contributed by atoms with E-state index in [0.29, 0.717) is 0 Å². The highest BCUT2D eigenvalue weighted by atomic mass is 14.1. The first-order valence-electron chi connectivity index (χ1n) is 8.89. The molecule has 0 aromatic heterocycles. The number of rotatable bonds is 0. The van der Waals surface area contributed by atoms with Crippen molar-refractivity contribution in [3.63, 3.8) is 0 Å². The summed E-state index contributed by atoms with van der Waals surface area (Å²) in [4.78, 5) is 0. The summed E-state index contributed by atoms with van der Waals surface area (Å²) in [6, 6.07) is 0. The molecule has 1 aliphatic carbocycles. The molecule has 0 nitrogen and oxygen atoms in total. The molecule has 1 rings (SSSR count). The Kier molecular flexibility index (Phi) is 8.98. The van der Waals surface area contributed by atoms with E-state index >= 15 is 0 Å². The van der Waals surface area contributed by atoms with Crippen molar-refractivity contribution in [2.75, 3.05) is 0 Å². The van der Waals surface area contributed by atoms with Crippen LogP contribution in [0, 0.1) is 11.8 Å². The quantitative estimate of drug-likeness (QED) is 0.415. The van der Waals surface area contributed by atoms with Crippen molar-refractivity contribution in [1.82, 2.24) is 0 Å². The highest BCUT2D eigenvalue weighted by Crippen LogP contribution is 2.21. The summed E-state index contributed by atoms with van der Waals surface area (Å²) in [5.41, 5.74) is 3.24. The molecule has 0 saturated carbocycles. The van der Waals surface area contributed by atoms with Gasteiger partial charge in [-0.05, 0) is 77.0 Å². The SMILES string of the molecule is CC1=CCCC(C)CCCC(C)=CCCC(C)CCC1. The number of allylic oxidation sites excluding steroid dienone is 4. The molecule has 2 atom stereocenters. The predicted octanol–water partition coefficient (Wildman–Crippen LogP) is 7.07. The minimum absolute atomic E-state index is 0.889. The lowest BCUT2D eigenvalue weighted by Crippen LogP contribution is -1.97. The van der Waals surface area contributed by atoms with Crippen LogP contribution in [-0.2, 0) is 0 Å².